The Kier molecular flexibility index (Phi) is 5.25. The average molecular weight is 245 g/mol. The maximum atomic E-state index is 3.71. The van der Waals surface area contributed by atoms with Crippen molar-refractivity contribution < 1.29 is 0 Å². The highest BCUT2D eigenvalue weighted by Gasteiger charge is 2.22. The fraction of sp³-hybridized carbons (Fsp3) is 0.647. The average Bonchev–Trinajstić information content (AvgIpc) is 2.59. The molecule has 1 aromatic rings. The van der Waals surface area contributed by atoms with Gasteiger partial charge in [0.2, 0.25) is 0 Å². The van der Waals surface area contributed by atoms with Gasteiger partial charge in [-0.1, -0.05) is 56.0 Å². The van der Waals surface area contributed by atoms with Gasteiger partial charge in [-0.25, -0.2) is 0 Å². The summed E-state index contributed by atoms with van der Waals surface area (Å²) in [4.78, 5) is 0. The predicted molar refractivity (Wildman–Crippen MR) is 78.9 cm³/mol. The van der Waals surface area contributed by atoms with E-state index in [9.17, 15) is 0 Å². The maximum absolute atomic E-state index is 3.71. The van der Waals surface area contributed by atoms with E-state index < -0.39 is 0 Å². The Hall–Kier alpha value is -0.820. The molecule has 0 amide bonds. The molecule has 0 aromatic heterocycles. The lowest BCUT2D eigenvalue weighted by Crippen LogP contribution is -2.36. The SMILES string of the molecule is CCNC1CCCCCC1Cc1ccc(C)cc1. The van der Waals surface area contributed by atoms with E-state index >= 15 is 0 Å². The van der Waals surface area contributed by atoms with Crippen LogP contribution in [-0.4, -0.2) is 12.6 Å². The highest BCUT2D eigenvalue weighted by atomic mass is 14.9. The molecule has 1 aliphatic carbocycles. The van der Waals surface area contributed by atoms with Crippen molar-refractivity contribution >= 4 is 0 Å². The number of benzene rings is 1. The van der Waals surface area contributed by atoms with Crippen LogP contribution in [0.15, 0.2) is 24.3 Å². The Balaban J connectivity index is 2.01. The van der Waals surface area contributed by atoms with E-state index in [-0.39, 0.29) is 0 Å². The molecule has 18 heavy (non-hydrogen) atoms. The van der Waals surface area contributed by atoms with Crippen LogP contribution in [0.4, 0.5) is 0 Å². The second kappa shape index (κ2) is 6.94. The summed E-state index contributed by atoms with van der Waals surface area (Å²) in [6.45, 7) is 5.50. The molecule has 1 N–H and O–H groups in total. The van der Waals surface area contributed by atoms with Crippen LogP contribution >= 0.6 is 0 Å². The minimum absolute atomic E-state index is 0.735. The van der Waals surface area contributed by atoms with Gasteiger partial charge in [-0.15, -0.1) is 0 Å². The highest BCUT2D eigenvalue weighted by molar-refractivity contribution is 5.21. The van der Waals surface area contributed by atoms with Gasteiger partial charge < -0.3 is 5.32 Å². The molecular weight excluding hydrogens is 218 g/mol. The zero-order valence-electron chi connectivity index (χ0n) is 11.9. The van der Waals surface area contributed by atoms with Crippen LogP contribution in [0.2, 0.25) is 0 Å². The summed E-state index contributed by atoms with van der Waals surface area (Å²) in [5.74, 6) is 0.829. The van der Waals surface area contributed by atoms with Gasteiger partial charge in [-0.2, -0.15) is 0 Å². The lowest BCUT2D eigenvalue weighted by Gasteiger charge is -2.26. The Morgan fingerprint density at radius 3 is 2.50 bits per heavy atom. The first-order valence-corrected chi connectivity index (χ1v) is 7.58. The van der Waals surface area contributed by atoms with E-state index in [2.05, 4.69) is 43.4 Å². The molecular formula is C17H27N. The lowest BCUT2D eigenvalue weighted by molar-refractivity contribution is 0.337. The summed E-state index contributed by atoms with van der Waals surface area (Å²) in [6, 6.07) is 9.84. The number of rotatable bonds is 4. The summed E-state index contributed by atoms with van der Waals surface area (Å²) < 4.78 is 0. The third-order valence-corrected chi connectivity index (χ3v) is 4.24. The zero-order valence-corrected chi connectivity index (χ0v) is 11.9. The molecule has 1 aromatic carbocycles. The number of hydrogen-bond acceptors (Lipinski definition) is 1. The van der Waals surface area contributed by atoms with E-state index in [1.165, 1.54) is 49.7 Å². The molecule has 0 heterocycles. The monoisotopic (exact) mass is 245 g/mol. The minimum Gasteiger partial charge on any atom is -0.314 e. The second-order valence-corrected chi connectivity index (χ2v) is 5.75. The van der Waals surface area contributed by atoms with Crippen LogP contribution in [0, 0.1) is 12.8 Å². The van der Waals surface area contributed by atoms with Crippen LogP contribution < -0.4 is 5.32 Å². The molecule has 100 valence electrons. The molecule has 0 saturated heterocycles. The van der Waals surface area contributed by atoms with Gasteiger partial charge in [0.1, 0.15) is 0 Å². The molecule has 2 rings (SSSR count). The molecule has 0 spiro atoms. The van der Waals surface area contributed by atoms with Gasteiger partial charge in [0.15, 0.2) is 0 Å². The third kappa shape index (κ3) is 3.84. The molecule has 0 aliphatic heterocycles. The summed E-state index contributed by atoms with van der Waals surface area (Å²) in [6.07, 6.45) is 8.25. The summed E-state index contributed by atoms with van der Waals surface area (Å²) in [7, 11) is 0. The van der Waals surface area contributed by atoms with Crippen LogP contribution in [0.1, 0.15) is 50.2 Å². The van der Waals surface area contributed by atoms with E-state index in [1.807, 2.05) is 0 Å². The molecule has 1 heteroatoms. The quantitative estimate of drug-likeness (QED) is 0.788. The first-order chi connectivity index (χ1) is 8.79. The highest BCUT2D eigenvalue weighted by Crippen LogP contribution is 2.26. The first-order valence-electron chi connectivity index (χ1n) is 7.58. The van der Waals surface area contributed by atoms with Crippen molar-refractivity contribution in [1.82, 2.24) is 5.32 Å². The molecule has 0 radical (unpaired) electrons. The molecule has 1 aliphatic rings. The second-order valence-electron chi connectivity index (χ2n) is 5.75. The van der Waals surface area contributed by atoms with Crippen LogP contribution in [0.25, 0.3) is 0 Å². The largest absolute Gasteiger partial charge is 0.314 e. The zero-order chi connectivity index (χ0) is 12.8. The Morgan fingerprint density at radius 1 is 1.06 bits per heavy atom. The molecule has 2 atom stereocenters. The van der Waals surface area contributed by atoms with Gasteiger partial charge in [0, 0.05) is 6.04 Å². The van der Waals surface area contributed by atoms with Crippen molar-refractivity contribution in [2.45, 2.75) is 58.4 Å². The van der Waals surface area contributed by atoms with Crippen molar-refractivity contribution in [1.29, 1.82) is 0 Å². The Morgan fingerprint density at radius 2 is 1.78 bits per heavy atom. The first kappa shape index (κ1) is 13.6. The minimum atomic E-state index is 0.735. The lowest BCUT2D eigenvalue weighted by atomic mass is 9.88. The fourth-order valence-electron chi connectivity index (χ4n) is 3.19. The van der Waals surface area contributed by atoms with E-state index in [0.29, 0.717) is 0 Å². The van der Waals surface area contributed by atoms with Crippen molar-refractivity contribution in [2.24, 2.45) is 5.92 Å². The van der Waals surface area contributed by atoms with Crippen molar-refractivity contribution in [3.63, 3.8) is 0 Å². The summed E-state index contributed by atoms with van der Waals surface area (Å²) >= 11 is 0. The Labute approximate surface area is 112 Å². The van der Waals surface area contributed by atoms with E-state index in [0.717, 1.165) is 18.5 Å². The Bertz CT molecular complexity index is 341. The summed E-state index contributed by atoms with van der Waals surface area (Å²) in [5, 5.41) is 3.71. The maximum Gasteiger partial charge on any atom is 0.00983 e. The topological polar surface area (TPSA) is 12.0 Å². The van der Waals surface area contributed by atoms with Gasteiger partial charge >= 0.3 is 0 Å². The van der Waals surface area contributed by atoms with E-state index in [1.54, 1.807) is 0 Å². The predicted octanol–water partition coefficient (Wildman–Crippen LogP) is 4.10. The molecule has 0 bridgehead atoms. The van der Waals surface area contributed by atoms with Crippen LogP contribution in [-0.2, 0) is 6.42 Å². The summed E-state index contributed by atoms with van der Waals surface area (Å²) in [5.41, 5.74) is 2.87. The van der Waals surface area contributed by atoms with Crippen molar-refractivity contribution in [3.8, 4) is 0 Å². The van der Waals surface area contributed by atoms with Gasteiger partial charge in [-0.3, -0.25) is 0 Å². The van der Waals surface area contributed by atoms with Gasteiger partial charge in [0.25, 0.3) is 0 Å². The van der Waals surface area contributed by atoms with Gasteiger partial charge in [0.05, 0.1) is 0 Å². The third-order valence-electron chi connectivity index (χ3n) is 4.24. The van der Waals surface area contributed by atoms with Gasteiger partial charge in [-0.05, 0) is 44.2 Å². The molecule has 1 saturated carbocycles. The molecule has 2 unspecified atom stereocenters. The molecule has 1 fully saturated rings. The fourth-order valence-corrected chi connectivity index (χ4v) is 3.19. The number of nitrogens with one attached hydrogen (secondary N) is 1. The van der Waals surface area contributed by atoms with Crippen LogP contribution in [0.5, 0.6) is 0 Å². The smallest absolute Gasteiger partial charge is 0.00983 e. The van der Waals surface area contributed by atoms with Crippen molar-refractivity contribution in [3.05, 3.63) is 35.4 Å². The standard InChI is InChI=1S/C17H27N/c1-3-18-17-8-6-4-5-7-16(17)13-15-11-9-14(2)10-12-15/h9-12,16-18H,3-8,13H2,1-2H3. The number of hydrogen-bond donors (Lipinski definition) is 1. The molecule has 1 nitrogen and oxygen atoms in total. The van der Waals surface area contributed by atoms with E-state index in [4.69, 9.17) is 0 Å². The number of aryl methyl sites for hydroxylation is 1. The van der Waals surface area contributed by atoms with Crippen molar-refractivity contribution in [2.75, 3.05) is 6.54 Å². The normalized spacial score (nSPS) is 24.8. The van der Waals surface area contributed by atoms with Crippen LogP contribution in [0.3, 0.4) is 0 Å².